The number of rotatable bonds is 9. The summed E-state index contributed by atoms with van der Waals surface area (Å²) in [6.07, 6.45) is -5.40. The van der Waals surface area contributed by atoms with Crippen molar-refractivity contribution >= 4 is 37.9 Å². The molecule has 0 saturated carbocycles. The minimum Gasteiger partial charge on any atom is -0.457 e. The fourth-order valence-electron chi connectivity index (χ4n) is 7.26. The summed E-state index contributed by atoms with van der Waals surface area (Å²) in [6, 6.07) is 27.1. The third-order valence-electron chi connectivity index (χ3n) is 10.3. The van der Waals surface area contributed by atoms with Gasteiger partial charge in [-0.25, -0.2) is 87.8 Å². The van der Waals surface area contributed by atoms with Crippen LogP contribution in [0.2, 0.25) is 0 Å². The molecule has 24 heteroatoms. The van der Waals surface area contributed by atoms with Gasteiger partial charge in [0.15, 0.2) is 74.7 Å². The third kappa shape index (κ3) is 8.42. The molecule has 0 spiro atoms. The molecule has 0 N–H and O–H groups in total. The first-order chi connectivity index (χ1) is 31.8. The van der Waals surface area contributed by atoms with Gasteiger partial charge in [0, 0.05) is 5.56 Å². The fraction of sp³-hybridized carbons (Fsp3) is 0.0455. The molecule has 1 unspecified atom stereocenters. The lowest BCUT2D eigenvalue weighted by Gasteiger charge is -2.44. The van der Waals surface area contributed by atoms with E-state index in [1.807, 2.05) is 91.2 Å². The molecule has 0 fully saturated rings. The van der Waals surface area contributed by atoms with Crippen molar-refractivity contribution in [3.05, 3.63) is 207 Å². The normalized spacial score (nSPS) is 12.4. The lowest BCUT2D eigenvalue weighted by atomic mass is 9.12. The molecule has 356 valence electrons. The molecule has 0 aliphatic rings. The van der Waals surface area contributed by atoms with Crippen LogP contribution in [0, 0.1) is 116 Å². The van der Waals surface area contributed by atoms with E-state index in [-0.39, 0.29) is 0 Å². The molecule has 0 aromatic heterocycles. The summed E-state index contributed by atoms with van der Waals surface area (Å²) >= 11 is 0. The van der Waals surface area contributed by atoms with Crippen LogP contribution in [0.15, 0.2) is 89.8 Å². The zero-order valence-corrected chi connectivity index (χ0v) is 34.0. The summed E-state index contributed by atoms with van der Waals surface area (Å²) < 4.78 is 313. The predicted octanol–water partition coefficient (Wildman–Crippen LogP) is 11.0. The van der Waals surface area contributed by atoms with Gasteiger partial charge >= 0.3 is 0 Å². The first kappa shape index (κ1) is 50.6. The van der Waals surface area contributed by atoms with Gasteiger partial charge in [-0.1, -0.05) is 52.7 Å². The van der Waals surface area contributed by atoms with E-state index in [1.54, 1.807) is 0 Å². The highest BCUT2D eigenvalue weighted by molar-refractivity contribution is 8.01. The highest BCUT2D eigenvalue weighted by Gasteiger charge is 2.52. The second-order valence-electron chi connectivity index (χ2n) is 14.3. The van der Waals surface area contributed by atoms with Gasteiger partial charge in [-0.3, -0.25) is 0 Å². The molecular formula is C44H19BF20O2S. The molecular weight excluding hydrogens is 983 g/mol. The summed E-state index contributed by atoms with van der Waals surface area (Å²) in [5.41, 5.74) is -13.3. The average molecular weight is 1000 g/mol. The van der Waals surface area contributed by atoms with Crippen molar-refractivity contribution in [2.24, 2.45) is 0 Å². The van der Waals surface area contributed by atoms with Crippen LogP contribution < -0.4 is 26.6 Å². The smallest absolute Gasteiger partial charge is 0.200 e. The van der Waals surface area contributed by atoms with E-state index >= 15 is 35.1 Å². The van der Waals surface area contributed by atoms with Gasteiger partial charge in [-0.2, -0.15) is 0 Å². The molecule has 0 radical (unpaired) electrons. The van der Waals surface area contributed by atoms with Gasteiger partial charge in [0.1, 0.15) is 86.1 Å². The van der Waals surface area contributed by atoms with Gasteiger partial charge in [0.25, 0.3) is 0 Å². The van der Waals surface area contributed by atoms with E-state index in [2.05, 4.69) is 0 Å². The first-order valence-electron chi connectivity index (χ1n) is 18.4. The topological polar surface area (TPSA) is 26.3 Å². The van der Waals surface area contributed by atoms with Crippen LogP contribution in [0.1, 0.15) is 5.56 Å². The van der Waals surface area contributed by atoms with Crippen LogP contribution in [0.5, 0.6) is 11.5 Å². The maximum Gasteiger partial charge on any atom is 0.200 e. The van der Waals surface area contributed by atoms with Crippen LogP contribution in [0.3, 0.4) is 0 Å². The van der Waals surface area contributed by atoms with E-state index in [1.165, 1.54) is 0 Å². The summed E-state index contributed by atoms with van der Waals surface area (Å²) in [5, 5.41) is 0. The largest absolute Gasteiger partial charge is 0.457 e. The van der Waals surface area contributed by atoms with Crippen molar-refractivity contribution < 1.29 is 96.8 Å². The van der Waals surface area contributed by atoms with E-state index in [0.29, 0.717) is 5.75 Å². The van der Waals surface area contributed by atoms with Crippen molar-refractivity contribution in [1.82, 2.24) is 0 Å². The Morgan fingerprint density at radius 2 is 0.574 bits per heavy atom. The Labute approximate surface area is 369 Å². The monoisotopic (exact) mass is 1000 g/mol. The number of hydrogen-bond acceptors (Lipinski definition) is 2. The number of halogens is 20. The summed E-state index contributed by atoms with van der Waals surface area (Å²) in [7, 11) is -2.08. The van der Waals surface area contributed by atoms with E-state index < -0.39 is 154 Å². The Kier molecular flexibility index (Phi) is 14.2. The second-order valence-corrected chi connectivity index (χ2v) is 17.1. The molecule has 0 saturated heterocycles. The number of hydrogen-bond donors (Lipinski definition) is 0. The van der Waals surface area contributed by atoms with Crippen molar-refractivity contribution in [1.29, 1.82) is 0 Å². The average Bonchev–Trinajstić information content (AvgIpc) is 3.32. The van der Waals surface area contributed by atoms with Crippen LogP contribution in [-0.4, -0.2) is 12.4 Å². The molecule has 2 nitrogen and oxygen atoms in total. The molecule has 1 atom stereocenters. The summed E-state index contributed by atoms with van der Waals surface area (Å²) in [6.45, 7) is 0. The van der Waals surface area contributed by atoms with Gasteiger partial charge in [-0.05, 0) is 36.4 Å². The Balaban J connectivity index is 0.000000276. The molecule has 0 aliphatic carbocycles. The summed E-state index contributed by atoms with van der Waals surface area (Å²) in [4.78, 5) is 0.893. The third-order valence-corrected chi connectivity index (χ3v) is 12.4. The summed E-state index contributed by atoms with van der Waals surface area (Å²) in [5.74, 6) is -69.3. The number of ether oxygens (including phenoxy) is 1. The predicted molar refractivity (Wildman–Crippen MR) is 205 cm³/mol. The zero-order valence-electron chi connectivity index (χ0n) is 33.2. The SMILES string of the molecule is C[S+](=O)(Cc1ccc(Oc2ccccc2)cc1)c1ccccc1.Fc1c(F)c(F)c([B-](c2c(F)c(F)c(F)c(F)c2F)(c2c(F)c(F)c(F)c(F)c2F)c2c(F)c(F)c(F)c(F)c2F)c(F)c1F. The van der Waals surface area contributed by atoms with Crippen LogP contribution >= 0.6 is 0 Å². The maximum absolute atomic E-state index is 15.4. The molecule has 7 aromatic carbocycles. The quantitative estimate of drug-likeness (QED) is 0.0474. The van der Waals surface area contributed by atoms with Crippen LogP contribution in [0.4, 0.5) is 87.8 Å². The minimum atomic E-state index is -7.22. The Hall–Kier alpha value is -6.85. The molecule has 0 aliphatic heterocycles. The molecule has 0 heterocycles. The van der Waals surface area contributed by atoms with Crippen molar-refractivity contribution in [3.8, 4) is 11.5 Å². The maximum atomic E-state index is 15.4. The molecule has 68 heavy (non-hydrogen) atoms. The molecule has 0 bridgehead atoms. The van der Waals surface area contributed by atoms with Crippen molar-refractivity contribution in [3.63, 3.8) is 0 Å². The van der Waals surface area contributed by atoms with Crippen molar-refractivity contribution in [2.45, 2.75) is 10.6 Å². The Bertz CT molecular complexity index is 2770. The van der Waals surface area contributed by atoms with E-state index in [4.69, 9.17) is 4.74 Å². The molecule has 0 amide bonds. The first-order valence-corrected chi connectivity index (χ1v) is 20.5. The van der Waals surface area contributed by atoms with Gasteiger partial charge in [0.05, 0.1) is 0 Å². The van der Waals surface area contributed by atoms with Crippen LogP contribution in [-0.2, 0) is 19.9 Å². The zero-order chi connectivity index (χ0) is 50.5. The minimum absolute atomic E-state index is 0.530. The molecule has 7 aromatic rings. The highest BCUT2D eigenvalue weighted by Crippen LogP contribution is 2.31. The lowest BCUT2D eigenvalue weighted by molar-refractivity contribution is 0.378. The standard InChI is InChI=1S/C24BF20.C20H19O2S/c26-5-1(6(27)14(35)21(42)13(5)34)25(2-7(28)15(36)22(43)16(37)8(2)29,3-9(30)17(38)23(44)18(39)10(3)31)4-11(32)19(40)24(45)20(41)12(4)33;1-23(21,20-10-6-3-7-11-20)16-17-12-14-19(15-13-17)22-18-8-4-2-5-9-18/h;2-15H,16H2,1H3/q-1;+1. The van der Waals surface area contributed by atoms with Crippen LogP contribution in [0.25, 0.3) is 0 Å². The Morgan fingerprint density at radius 1 is 0.338 bits per heavy atom. The van der Waals surface area contributed by atoms with E-state index in [0.717, 1.165) is 22.0 Å². The fourth-order valence-corrected chi connectivity index (χ4v) is 8.99. The van der Waals surface area contributed by atoms with Gasteiger partial charge in [-0.15, -0.1) is 21.9 Å². The Morgan fingerprint density at radius 3 is 0.853 bits per heavy atom. The van der Waals surface area contributed by atoms with Gasteiger partial charge in [0.2, 0.25) is 0 Å². The molecule has 7 rings (SSSR count). The lowest BCUT2D eigenvalue weighted by Crippen LogP contribution is -2.81. The van der Waals surface area contributed by atoms with Gasteiger partial charge < -0.3 is 4.74 Å². The number of benzene rings is 7. The van der Waals surface area contributed by atoms with E-state index in [9.17, 15) is 56.9 Å². The van der Waals surface area contributed by atoms with Crippen molar-refractivity contribution in [2.75, 3.05) is 6.26 Å². The number of para-hydroxylation sites is 1. The highest BCUT2D eigenvalue weighted by atomic mass is 32.2. The second kappa shape index (κ2) is 19.0.